The van der Waals surface area contributed by atoms with E-state index >= 15 is 0 Å². The number of benzene rings is 1. The SMILES string of the molecule is CC1CC(C(=O)O)C(C(=O)c2ccc(F)cc2F)C1. The first-order valence-electron chi connectivity index (χ1n) is 6.12. The van der Waals surface area contributed by atoms with Gasteiger partial charge >= 0.3 is 5.97 Å². The Morgan fingerprint density at radius 1 is 1.21 bits per heavy atom. The number of carbonyl (C=O) groups is 2. The summed E-state index contributed by atoms with van der Waals surface area (Å²) in [4.78, 5) is 23.3. The lowest BCUT2D eigenvalue weighted by Crippen LogP contribution is -2.26. The summed E-state index contributed by atoms with van der Waals surface area (Å²) in [6, 6.07) is 2.72. The number of carboxylic acids is 1. The molecule has 19 heavy (non-hydrogen) atoms. The van der Waals surface area contributed by atoms with Crippen LogP contribution in [0.1, 0.15) is 30.1 Å². The molecule has 2 rings (SSSR count). The van der Waals surface area contributed by atoms with E-state index < -0.39 is 35.2 Å². The molecule has 0 heterocycles. The topological polar surface area (TPSA) is 54.4 Å². The molecule has 102 valence electrons. The highest BCUT2D eigenvalue weighted by atomic mass is 19.1. The predicted octanol–water partition coefficient (Wildman–Crippen LogP) is 2.89. The van der Waals surface area contributed by atoms with Gasteiger partial charge in [0.25, 0.3) is 0 Å². The first-order chi connectivity index (χ1) is 8.90. The van der Waals surface area contributed by atoms with Crippen molar-refractivity contribution in [1.29, 1.82) is 0 Å². The molecule has 0 amide bonds. The molecule has 1 aromatic rings. The summed E-state index contributed by atoms with van der Waals surface area (Å²) >= 11 is 0. The van der Waals surface area contributed by atoms with Gasteiger partial charge in [0, 0.05) is 12.0 Å². The van der Waals surface area contributed by atoms with Gasteiger partial charge in [-0.15, -0.1) is 0 Å². The number of hydrogen-bond acceptors (Lipinski definition) is 2. The Morgan fingerprint density at radius 3 is 2.42 bits per heavy atom. The van der Waals surface area contributed by atoms with E-state index in [0.29, 0.717) is 18.9 Å². The maximum absolute atomic E-state index is 13.6. The fourth-order valence-electron chi connectivity index (χ4n) is 2.74. The molecule has 1 aromatic carbocycles. The Hall–Kier alpha value is -1.78. The van der Waals surface area contributed by atoms with E-state index in [0.717, 1.165) is 12.1 Å². The van der Waals surface area contributed by atoms with Crippen LogP contribution in [0.4, 0.5) is 8.78 Å². The summed E-state index contributed by atoms with van der Waals surface area (Å²) in [5, 5.41) is 9.10. The van der Waals surface area contributed by atoms with E-state index in [1.54, 1.807) is 0 Å². The molecular weight excluding hydrogens is 254 g/mol. The largest absolute Gasteiger partial charge is 0.481 e. The van der Waals surface area contributed by atoms with E-state index in [9.17, 15) is 18.4 Å². The Bertz CT molecular complexity index is 527. The number of Topliss-reactive ketones (excluding diaryl/α,β-unsaturated/α-hetero) is 1. The molecule has 0 aromatic heterocycles. The third kappa shape index (κ3) is 2.64. The molecule has 0 radical (unpaired) electrons. The lowest BCUT2D eigenvalue weighted by Gasteiger charge is -2.14. The number of aliphatic carboxylic acids is 1. The summed E-state index contributed by atoms with van der Waals surface area (Å²) < 4.78 is 26.4. The zero-order chi connectivity index (χ0) is 14.2. The molecule has 3 atom stereocenters. The average molecular weight is 268 g/mol. The minimum absolute atomic E-state index is 0.110. The summed E-state index contributed by atoms with van der Waals surface area (Å²) in [6.45, 7) is 1.87. The number of rotatable bonds is 3. The maximum atomic E-state index is 13.6. The zero-order valence-electron chi connectivity index (χ0n) is 10.4. The van der Waals surface area contributed by atoms with E-state index in [2.05, 4.69) is 0 Å². The Morgan fingerprint density at radius 2 is 1.84 bits per heavy atom. The Balaban J connectivity index is 2.30. The minimum Gasteiger partial charge on any atom is -0.481 e. The summed E-state index contributed by atoms with van der Waals surface area (Å²) in [6.07, 6.45) is 0.834. The van der Waals surface area contributed by atoms with Crippen LogP contribution in [0.15, 0.2) is 18.2 Å². The molecule has 1 aliphatic rings. The zero-order valence-corrected chi connectivity index (χ0v) is 10.4. The van der Waals surface area contributed by atoms with E-state index in [1.165, 1.54) is 0 Å². The molecule has 3 nitrogen and oxygen atoms in total. The normalized spacial score (nSPS) is 26.4. The van der Waals surface area contributed by atoms with Crippen LogP contribution >= 0.6 is 0 Å². The molecule has 1 fully saturated rings. The standard InChI is InChI=1S/C14H14F2O3/c1-7-4-10(11(5-7)14(18)19)13(17)9-3-2-8(15)6-12(9)16/h2-3,6-7,10-11H,4-5H2,1H3,(H,18,19). The molecule has 3 unspecified atom stereocenters. The number of ketones is 1. The molecule has 0 saturated heterocycles. The Labute approximate surface area is 109 Å². The van der Waals surface area contributed by atoms with Gasteiger partial charge in [-0.05, 0) is 30.9 Å². The van der Waals surface area contributed by atoms with Gasteiger partial charge in [-0.3, -0.25) is 9.59 Å². The number of carboxylic acid groups (broad SMARTS) is 1. The fourth-order valence-corrected chi connectivity index (χ4v) is 2.74. The third-order valence-electron chi connectivity index (χ3n) is 3.65. The van der Waals surface area contributed by atoms with Crippen LogP contribution < -0.4 is 0 Å². The molecule has 0 aliphatic heterocycles. The molecule has 0 bridgehead atoms. The van der Waals surface area contributed by atoms with E-state index in [-0.39, 0.29) is 11.5 Å². The van der Waals surface area contributed by atoms with Crippen molar-refractivity contribution in [3.8, 4) is 0 Å². The van der Waals surface area contributed by atoms with Crippen molar-refractivity contribution >= 4 is 11.8 Å². The maximum Gasteiger partial charge on any atom is 0.307 e. The van der Waals surface area contributed by atoms with Crippen molar-refractivity contribution in [3.63, 3.8) is 0 Å². The van der Waals surface area contributed by atoms with E-state index in [4.69, 9.17) is 5.11 Å². The monoisotopic (exact) mass is 268 g/mol. The highest BCUT2D eigenvalue weighted by Crippen LogP contribution is 2.38. The van der Waals surface area contributed by atoms with Gasteiger partial charge in [0.05, 0.1) is 11.5 Å². The third-order valence-corrected chi connectivity index (χ3v) is 3.65. The van der Waals surface area contributed by atoms with Crippen molar-refractivity contribution in [3.05, 3.63) is 35.4 Å². The van der Waals surface area contributed by atoms with Crippen molar-refractivity contribution in [2.75, 3.05) is 0 Å². The lowest BCUT2D eigenvalue weighted by atomic mass is 9.88. The second kappa shape index (κ2) is 5.07. The molecular formula is C14H14F2O3. The van der Waals surface area contributed by atoms with Crippen LogP contribution in [-0.2, 0) is 4.79 Å². The van der Waals surface area contributed by atoms with Crippen LogP contribution in [0, 0.1) is 29.4 Å². The van der Waals surface area contributed by atoms with Gasteiger partial charge in [-0.1, -0.05) is 6.92 Å². The van der Waals surface area contributed by atoms with Gasteiger partial charge in [0.1, 0.15) is 11.6 Å². The quantitative estimate of drug-likeness (QED) is 0.857. The number of hydrogen-bond donors (Lipinski definition) is 1. The highest BCUT2D eigenvalue weighted by molar-refractivity contribution is 6.00. The molecule has 1 aliphatic carbocycles. The second-order valence-corrected chi connectivity index (χ2v) is 5.12. The lowest BCUT2D eigenvalue weighted by molar-refractivity contribution is -0.142. The fraction of sp³-hybridized carbons (Fsp3) is 0.429. The first-order valence-corrected chi connectivity index (χ1v) is 6.12. The highest BCUT2D eigenvalue weighted by Gasteiger charge is 2.41. The van der Waals surface area contributed by atoms with Gasteiger partial charge in [0.2, 0.25) is 0 Å². The molecule has 5 heteroatoms. The van der Waals surface area contributed by atoms with Crippen LogP contribution in [0.3, 0.4) is 0 Å². The predicted molar refractivity (Wildman–Crippen MR) is 63.7 cm³/mol. The van der Waals surface area contributed by atoms with Gasteiger partial charge in [0.15, 0.2) is 5.78 Å². The van der Waals surface area contributed by atoms with Gasteiger partial charge in [-0.2, -0.15) is 0 Å². The summed E-state index contributed by atoms with van der Waals surface area (Å²) in [5.41, 5.74) is -0.230. The molecule has 0 spiro atoms. The van der Waals surface area contributed by atoms with Crippen molar-refractivity contribution in [2.45, 2.75) is 19.8 Å². The van der Waals surface area contributed by atoms with Gasteiger partial charge < -0.3 is 5.11 Å². The number of carbonyl (C=O) groups excluding carboxylic acids is 1. The summed E-state index contributed by atoms with van der Waals surface area (Å²) in [7, 11) is 0. The van der Waals surface area contributed by atoms with Crippen molar-refractivity contribution < 1.29 is 23.5 Å². The Kier molecular flexibility index (Phi) is 3.64. The molecule has 1 saturated carbocycles. The molecule has 1 N–H and O–H groups in total. The van der Waals surface area contributed by atoms with Crippen LogP contribution in [0.5, 0.6) is 0 Å². The average Bonchev–Trinajstić information content (AvgIpc) is 2.70. The van der Waals surface area contributed by atoms with Crippen molar-refractivity contribution in [1.82, 2.24) is 0 Å². The smallest absolute Gasteiger partial charge is 0.307 e. The van der Waals surface area contributed by atoms with Crippen LogP contribution in [-0.4, -0.2) is 16.9 Å². The van der Waals surface area contributed by atoms with Crippen molar-refractivity contribution in [2.24, 2.45) is 17.8 Å². The first kappa shape index (κ1) is 13.6. The summed E-state index contributed by atoms with van der Waals surface area (Å²) in [5.74, 6) is -4.69. The minimum atomic E-state index is -1.04. The van der Waals surface area contributed by atoms with E-state index in [1.807, 2.05) is 6.92 Å². The number of halogens is 2. The van der Waals surface area contributed by atoms with Crippen LogP contribution in [0.2, 0.25) is 0 Å². The van der Waals surface area contributed by atoms with Gasteiger partial charge in [-0.25, -0.2) is 8.78 Å². The second-order valence-electron chi connectivity index (χ2n) is 5.12. The van der Waals surface area contributed by atoms with Crippen LogP contribution in [0.25, 0.3) is 0 Å².